The molecule has 0 bridgehead atoms. The zero-order valence-corrected chi connectivity index (χ0v) is 13.0. The van der Waals surface area contributed by atoms with Crippen molar-refractivity contribution in [3.8, 4) is 0 Å². The Labute approximate surface area is 132 Å². The van der Waals surface area contributed by atoms with Crippen LogP contribution in [0.5, 0.6) is 0 Å². The molecule has 0 saturated heterocycles. The normalized spacial score (nSPS) is 12.2. The molecule has 0 fully saturated rings. The van der Waals surface area contributed by atoms with Crippen molar-refractivity contribution in [2.45, 2.75) is 19.4 Å². The second-order valence-corrected chi connectivity index (χ2v) is 5.63. The van der Waals surface area contributed by atoms with Crippen molar-refractivity contribution in [2.75, 3.05) is 5.32 Å². The predicted molar refractivity (Wildman–Crippen MR) is 84.5 cm³/mol. The summed E-state index contributed by atoms with van der Waals surface area (Å²) >= 11 is 18.0. The van der Waals surface area contributed by atoms with Gasteiger partial charge in [-0.15, -0.1) is 0 Å². The highest BCUT2D eigenvalue weighted by molar-refractivity contribution is 6.44. The van der Waals surface area contributed by atoms with Gasteiger partial charge in [0.1, 0.15) is 5.82 Å². The summed E-state index contributed by atoms with van der Waals surface area (Å²) in [4.78, 5) is 0. The number of anilines is 1. The van der Waals surface area contributed by atoms with Crippen LogP contribution in [0.2, 0.25) is 15.1 Å². The van der Waals surface area contributed by atoms with Crippen LogP contribution in [0.4, 0.5) is 10.1 Å². The van der Waals surface area contributed by atoms with E-state index in [1.165, 1.54) is 12.1 Å². The van der Waals surface area contributed by atoms with Gasteiger partial charge in [-0.1, -0.05) is 53.9 Å². The van der Waals surface area contributed by atoms with Crippen molar-refractivity contribution >= 4 is 40.5 Å². The molecule has 5 heteroatoms. The molecule has 0 heterocycles. The van der Waals surface area contributed by atoms with Crippen LogP contribution < -0.4 is 5.32 Å². The number of halogens is 4. The number of hydrogen-bond acceptors (Lipinski definition) is 1. The quantitative estimate of drug-likeness (QED) is 0.643. The van der Waals surface area contributed by atoms with E-state index in [0.29, 0.717) is 20.8 Å². The van der Waals surface area contributed by atoms with Gasteiger partial charge in [0.25, 0.3) is 0 Å². The number of hydrogen-bond donors (Lipinski definition) is 1. The third-order valence-electron chi connectivity index (χ3n) is 3.00. The summed E-state index contributed by atoms with van der Waals surface area (Å²) in [5, 5.41) is 4.58. The number of rotatable bonds is 4. The van der Waals surface area contributed by atoms with Gasteiger partial charge in [0.15, 0.2) is 0 Å². The summed E-state index contributed by atoms with van der Waals surface area (Å²) in [6.45, 7) is 2.01. The first-order valence-corrected chi connectivity index (χ1v) is 7.31. The summed E-state index contributed by atoms with van der Waals surface area (Å²) < 4.78 is 13.3. The molecule has 106 valence electrons. The Bertz CT molecular complexity index is 616. The maximum absolute atomic E-state index is 13.3. The second-order valence-electron chi connectivity index (χ2n) is 4.41. The third kappa shape index (κ3) is 3.57. The standard InChI is InChI=1S/C15H13Cl3FN/c1-2-14(9-4-3-5-10(19)6-9)20-15-8-12(17)11(16)7-13(15)18/h3-8,14,20H,2H2,1H3. The lowest BCUT2D eigenvalue weighted by Gasteiger charge is -2.20. The molecule has 20 heavy (non-hydrogen) atoms. The van der Waals surface area contributed by atoms with E-state index in [1.807, 2.05) is 13.0 Å². The largest absolute Gasteiger partial charge is 0.377 e. The van der Waals surface area contributed by atoms with E-state index < -0.39 is 0 Å². The first-order valence-electron chi connectivity index (χ1n) is 6.17. The maximum atomic E-state index is 13.3. The molecule has 1 unspecified atom stereocenters. The van der Waals surface area contributed by atoms with Crippen molar-refractivity contribution in [3.05, 3.63) is 62.8 Å². The van der Waals surface area contributed by atoms with E-state index in [1.54, 1.807) is 18.2 Å². The Morgan fingerprint density at radius 1 is 1.05 bits per heavy atom. The summed E-state index contributed by atoms with van der Waals surface area (Å²) in [5.74, 6) is -0.261. The third-order valence-corrected chi connectivity index (χ3v) is 4.03. The number of benzene rings is 2. The Kier molecular flexibility index (Phi) is 5.14. The fraction of sp³-hybridized carbons (Fsp3) is 0.200. The molecule has 1 N–H and O–H groups in total. The smallest absolute Gasteiger partial charge is 0.123 e. The van der Waals surface area contributed by atoms with Crippen molar-refractivity contribution in [1.29, 1.82) is 0 Å². The van der Waals surface area contributed by atoms with Crippen LogP contribution in [0, 0.1) is 5.82 Å². The minimum atomic E-state index is -0.261. The molecule has 0 aliphatic heterocycles. The lowest BCUT2D eigenvalue weighted by Crippen LogP contribution is -2.10. The molecular formula is C15H13Cl3FN. The Morgan fingerprint density at radius 2 is 1.75 bits per heavy atom. The molecule has 0 radical (unpaired) electrons. The van der Waals surface area contributed by atoms with Gasteiger partial charge in [0.05, 0.1) is 26.8 Å². The summed E-state index contributed by atoms with van der Waals surface area (Å²) in [5.41, 5.74) is 1.53. The van der Waals surface area contributed by atoms with Crippen LogP contribution >= 0.6 is 34.8 Å². The number of nitrogens with one attached hydrogen (secondary N) is 1. The highest BCUT2D eigenvalue weighted by atomic mass is 35.5. The monoisotopic (exact) mass is 331 g/mol. The maximum Gasteiger partial charge on any atom is 0.123 e. The Balaban J connectivity index is 2.29. The molecule has 0 saturated carbocycles. The first kappa shape index (κ1) is 15.4. The average molecular weight is 333 g/mol. The van der Waals surface area contributed by atoms with Crippen LogP contribution in [0.25, 0.3) is 0 Å². The van der Waals surface area contributed by atoms with Gasteiger partial charge in [-0.2, -0.15) is 0 Å². The second kappa shape index (κ2) is 6.66. The van der Waals surface area contributed by atoms with Crippen molar-refractivity contribution < 1.29 is 4.39 Å². The molecule has 2 aromatic carbocycles. The fourth-order valence-electron chi connectivity index (χ4n) is 1.97. The molecule has 2 rings (SSSR count). The van der Waals surface area contributed by atoms with Crippen LogP contribution in [0.1, 0.15) is 24.9 Å². The minimum absolute atomic E-state index is 0.0551. The van der Waals surface area contributed by atoms with E-state index in [0.717, 1.165) is 12.0 Å². The van der Waals surface area contributed by atoms with Crippen LogP contribution in [0.15, 0.2) is 36.4 Å². The van der Waals surface area contributed by atoms with Gasteiger partial charge in [0.2, 0.25) is 0 Å². The average Bonchev–Trinajstić information content (AvgIpc) is 2.41. The molecule has 2 aromatic rings. The van der Waals surface area contributed by atoms with Gasteiger partial charge < -0.3 is 5.32 Å². The van der Waals surface area contributed by atoms with Crippen LogP contribution in [-0.2, 0) is 0 Å². The summed E-state index contributed by atoms with van der Waals surface area (Å²) in [6, 6.07) is 9.69. The molecule has 1 atom stereocenters. The zero-order valence-electron chi connectivity index (χ0n) is 10.8. The summed E-state index contributed by atoms with van der Waals surface area (Å²) in [7, 11) is 0. The lowest BCUT2D eigenvalue weighted by atomic mass is 10.0. The molecule has 0 aromatic heterocycles. The zero-order chi connectivity index (χ0) is 14.7. The highest BCUT2D eigenvalue weighted by Crippen LogP contribution is 2.34. The first-order chi connectivity index (χ1) is 9.51. The van der Waals surface area contributed by atoms with E-state index in [9.17, 15) is 4.39 Å². The molecular weight excluding hydrogens is 320 g/mol. The highest BCUT2D eigenvalue weighted by Gasteiger charge is 2.13. The molecule has 0 aliphatic carbocycles. The van der Waals surface area contributed by atoms with Crippen molar-refractivity contribution in [3.63, 3.8) is 0 Å². The van der Waals surface area contributed by atoms with E-state index in [-0.39, 0.29) is 11.9 Å². The van der Waals surface area contributed by atoms with Crippen molar-refractivity contribution in [1.82, 2.24) is 0 Å². The van der Waals surface area contributed by atoms with E-state index in [4.69, 9.17) is 34.8 Å². The van der Waals surface area contributed by atoms with Gasteiger partial charge in [0, 0.05) is 0 Å². The Hall–Kier alpha value is -0.960. The lowest BCUT2D eigenvalue weighted by molar-refractivity contribution is 0.621. The van der Waals surface area contributed by atoms with Gasteiger partial charge in [-0.05, 0) is 36.2 Å². The molecule has 0 aliphatic rings. The molecule has 0 spiro atoms. The van der Waals surface area contributed by atoms with Gasteiger partial charge in [-0.25, -0.2) is 4.39 Å². The van der Waals surface area contributed by atoms with Gasteiger partial charge in [-0.3, -0.25) is 0 Å². The predicted octanol–water partition coefficient (Wildman–Crippen LogP) is 6.35. The van der Waals surface area contributed by atoms with Crippen LogP contribution in [-0.4, -0.2) is 0 Å². The van der Waals surface area contributed by atoms with Crippen molar-refractivity contribution in [2.24, 2.45) is 0 Å². The van der Waals surface area contributed by atoms with Crippen LogP contribution in [0.3, 0.4) is 0 Å². The molecule has 1 nitrogen and oxygen atoms in total. The minimum Gasteiger partial charge on any atom is -0.377 e. The van der Waals surface area contributed by atoms with E-state index >= 15 is 0 Å². The van der Waals surface area contributed by atoms with Gasteiger partial charge >= 0.3 is 0 Å². The van der Waals surface area contributed by atoms with E-state index in [2.05, 4.69) is 5.32 Å². The summed E-state index contributed by atoms with van der Waals surface area (Å²) in [6.07, 6.45) is 0.778. The SMILES string of the molecule is CCC(Nc1cc(Cl)c(Cl)cc1Cl)c1cccc(F)c1. The Morgan fingerprint density at radius 3 is 2.40 bits per heavy atom. The fourth-order valence-corrected chi connectivity index (χ4v) is 2.57. The topological polar surface area (TPSA) is 12.0 Å². The molecule has 0 amide bonds.